The summed E-state index contributed by atoms with van der Waals surface area (Å²) in [6.45, 7) is 0.902. The third-order valence-electron chi connectivity index (χ3n) is 4.81. The van der Waals surface area contributed by atoms with Crippen LogP contribution in [0.3, 0.4) is 0 Å². The lowest BCUT2D eigenvalue weighted by molar-refractivity contribution is 0.0619. The molecule has 1 aliphatic heterocycles. The predicted octanol–water partition coefficient (Wildman–Crippen LogP) is 4.26. The molecule has 3 atom stereocenters. The summed E-state index contributed by atoms with van der Waals surface area (Å²) < 4.78 is 5.83. The second-order valence-electron chi connectivity index (χ2n) is 6.06. The highest BCUT2D eigenvalue weighted by Crippen LogP contribution is 2.36. The van der Waals surface area contributed by atoms with Crippen molar-refractivity contribution in [2.45, 2.75) is 37.8 Å². The molecule has 3 nitrogen and oxygen atoms in total. The largest absolute Gasteiger partial charge is 0.378 e. The summed E-state index contributed by atoms with van der Waals surface area (Å²) in [4.78, 5) is 4.52. The van der Waals surface area contributed by atoms with E-state index in [0.717, 1.165) is 29.6 Å². The van der Waals surface area contributed by atoms with E-state index in [2.05, 4.69) is 22.4 Å². The average molecular weight is 303 g/mol. The summed E-state index contributed by atoms with van der Waals surface area (Å²) in [7, 11) is 0. The zero-order valence-electron chi connectivity index (χ0n) is 11.9. The first kappa shape index (κ1) is 13.4. The van der Waals surface area contributed by atoms with Gasteiger partial charge in [0.1, 0.15) is 11.0 Å². The van der Waals surface area contributed by atoms with Gasteiger partial charge in [-0.3, -0.25) is 0 Å². The molecule has 2 aliphatic rings. The van der Waals surface area contributed by atoms with Crippen molar-refractivity contribution in [2.24, 2.45) is 5.92 Å². The molecule has 2 fully saturated rings. The highest BCUT2D eigenvalue weighted by molar-refractivity contribution is 6.34. The van der Waals surface area contributed by atoms with Crippen molar-refractivity contribution in [1.29, 1.82) is 0 Å². The summed E-state index contributed by atoms with van der Waals surface area (Å²) >= 11 is 6.32. The first-order valence-corrected chi connectivity index (χ1v) is 8.12. The van der Waals surface area contributed by atoms with Crippen LogP contribution in [0.5, 0.6) is 0 Å². The van der Waals surface area contributed by atoms with Crippen molar-refractivity contribution >= 4 is 28.2 Å². The number of benzene rings is 1. The number of aromatic nitrogens is 1. The highest BCUT2D eigenvalue weighted by Gasteiger charge is 2.37. The third kappa shape index (κ3) is 2.49. The minimum absolute atomic E-state index is 0.437. The Morgan fingerprint density at radius 1 is 1.19 bits per heavy atom. The zero-order chi connectivity index (χ0) is 14.2. The Labute approximate surface area is 129 Å². The maximum absolute atomic E-state index is 6.32. The molecule has 4 heteroatoms. The standard InChI is InChI=1S/C17H19ClN2O/c18-17-12-5-2-1-4-11(12)10-16(20-17)19-14-6-3-7-15-13(14)8-9-21-15/h1-2,4-5,10,13-15H,3,6-9H2,(H,19,20). The number of nitrogens with one attached hydrogen (secondary N) is 1. The number of ether oxygens (including phenoxy) is 1. The summed E-state index contributed by atoms with van der Waals surface area (Å²) in [6, 6.07) is 10.7. The molecule has 0 bridgehead atoms. The number of anilines is 1. The van der Waals surface area contributed by atoms with Crippen LogP contribution in [0.1, 0.15) is 25.7 Å². The fourth-order valence-electron chi connectivity index (χ4n) is 3.78. The van der Waals surface area contributed by atoms with E-state index < -0.39 is 0 Å². The molecule has 1 saturated heterocycles. The lowest BCUT2D eigenvalue weighted by Crippen LogP contribution is -2.38. The van der Waals surface area contributed by atoms with Gasteiger partial charge in [-0.05, 0) is 37.1 Å². The van der Waals surface area contributed by atoms with Crippen molar-refractivity contribution in [3.8, 4) is 0 Å². The molecule has 3 unspecified atom stereocenters. The molecule has 110 valence electrons. The van der Waals surface area contributed by atoms with Gasteiger partial charge in [-0.25, -0.2) is 4.98 Å². The van der Waals surface area contributed by atoms with Gasteiger partial charge >= 0.3 is 0 Å². The van der Waals surface area contributed by atoms with Crippen LogP contribution in [-0.2, 0) is 4.74 Å². The Morgan fingerprint density at radius 2 is 2.10 bits per heavy atom. The van der Waals surface area contributed by atoms with Gasteiger partial charge in [0, 0.05) is 24.0 Å². The predicted molar refractivity (Wildman–Crippen MR) is 85.9 cm³/mol. The lowest BCUT2D eigenvalue weighted by Gasteiger charge is -2.33. The summed E-state index contributed by atoms with van der Waals surface area (Å²) in [6.07, 6.45) is 5.21. The fourth-order valence-corrected chi connectivity index (χ4v) is 4.04. The van der Waals surface area contributed by atoms with Gasteiger partial charge in [0.05, 0.1) is 6.10 Å². The van der Waals surface area contributed by atoms with Crippen LogP contribution in [0.15, 0.2) is 30.3 Å². The van der Waals surface area contributed by atoms with Gasteiger partial charge < -0.3 is 10.1 Å². The Balaban J connectivity index is 1.62. The average Bonchev–Trinajstić information content (AvgIpc) is 2.97. The molecule has 21 heavy (non-hydrogen) atoms. The minimum Gasteiger partial charge on any atom is -0.378 e. The molecule has 1 saturated carbocycles. The van der Waals surface area contributed by atoms with E-state index in [4.69, 9.17) is 16.3 Å². The molecule has 2 aromatic rings. The fraction of sp³-hybridized carbons (Fsp3) is 0.471. The van der Waals surface area contributed by atoms with Gasteiger partial charge in [-0.1, -0.05) is 35.9 Å². The molecule has 1 aliphatic carbocycles. The molecule has 0 radical (unpaired) electrons. The lowest BCUT2D eigenvalue weighted by atomic mass is 9.82. The smallest absolute Gasteiger partial charge is 0.139 e. The van der Waals surface area contributed by atoms with Gasteiger partial charge in [-0.15, -0.1) is 0 Å². The summed E-state index contributed by atoms with van der Waals surface area (Å²) in [5, 5.41) is 6.33. The van der Waals surface area contributed by atoms with Crippen molar-refractivity contribution in [3.05, 3.63) is 35.5 Å². The van der Waals surface area contributed by atoms with Gasteiger partial charge in [-0.2, -0.15) is 0 Å². The van der Waals surface area contributed by atoms with Gasteiger partial charge in [0.15, 0.2) is 0 Å². The number of hydrogen-bond donors (Lipinski definition) is 1. The Hall–Kier alpha value is -1.32. The van der Waals surface area contributed by atoms with E-state index in [-0.39, 0.29) is 0 Å². The molecule has 2 heterocycles. The topological polar surface area (TPSA) is 34.2 Å². The van der Waals surface area contributed by atoms with Crippen LogP contribution in [0.4, 0.5) is 5.82 Å². The van der Waals surface area contributed by atoms with Crippen LogP contribution in [0.25, 0.3) is 10.8 Å². The minimum atomic E-state index is 0.437. The van der Waals surface area contributed by atoms with Crippen LogP contribution < -0.4 is 5.32 Å². The van der Waals surface area contributed by atoms with Crippen LogP contribution in [-0.4, -0.2) is 23.7 Å². The molecule has 1 aromatic carbocycles. The molecule has 4 rings (SSSR count). The van der Waals surface area contributed by atoms with Gasteiger partial charge in [0.2, 0.25) is 0 Å². The van der Waals surface area contributed by atoms with E-state index in [1.54, 1.807) is 0 Å². The SMILES string of the molecule is Clc1nc(NC2CCCC3OCCC23)cc2ccccc12. The van der Waals surface area contributed by atoms with E-state index >= 15 is 0 Å². The van der Waals surface area contributed by atoms with Crippen LogP contribution >= 0.6 is 11.6 Å². The Morgan fingerprint density at radius 3 is 3.05 bits per heavy atom. The Kier molecular flexibility index (Phi) is 3.48. The molecule has 0 spiro atoms. The monoisotopic (exact) mass is 302 g/mol. The van der Waals surface area contributed by atoms with Crippen LogP contribution in [0, 0.1) is 5.92 Å². The first-order chi connectivity index (χ1) is 10.3. The first-order valence-electron chi connectivity index (χ1n) is 7.75. The summed E-state index contributed by atoms with van der Waals surface area (Å²) in [5.41, 5.74) is 0. The number of pyridine rings is 1. The maximum atomic E-state index is 6.32. The van der Waals surface area contributed by atoms with Crippen molar-refractivity contribution in [1.82, 2.24) is 4.98 Å². The second-order valence-corrected chi connectivity index (χ2v) is 6.42. The highest BCUT2D eigenvalue weighted by atomic mass is 35.5. The van der Waals surface area contributed by atoms with Crippen molar-refractivity contribution in [2.75, 3.05) is 11.9 Å². The van der Waals surface area contributed by atoms with E-state index in [9.17, 15) is 0 Å². The number of halogens is 1. The second kappa shape index (κ2) is 5.47. The molecular weight excluding hydrogens is 284 g/mol. The Bertz CT molecular complexity index is 660. The molecule has 0 amide bonds. The number of hydrogen-bond acceptors (Lipinski definition) is 3. The van der Waals surface area contributed by atoms with Gasteiger partial charge in [0.25, 0.3) is 0 Å². The molecular formula is C17H19ClN2O. The van der Waals surface area contributed by atoms with Crippen LogP contribution in [0.2, 0.25) is 5.15 Å². The number of fused-ring (bicyclic) bond motifs is 2. The van der Waals surface area contributed by atoms with Crippen molar-refractivity contribution < 1.29 is 4.74 Å². The molecule has 1 N–H and O–H groups in total. The molecule has 1 aromatic heterocycles. The number of rotatable bonds is 2. The third-order valence-corrected chi connectivity index (χ3v) is 5.10. The summed E-state index contributed by atoms with van der Waals surface area (Å²) in [5.74, 6) is 1.50. The normalized spacial score (nSPS) is 28.5. The number of nitrogens with zero attached hydrogens (tertiary/aromatic N) is 1. The van der Waals surface area contributed by atoms with E-state index in [0.29, 0.717) is 23.2 Å². The maximum Gasteiger partial charge on any atom is 0.139 e. The zero-order valence-corrected chi connectivity index (χ0v) is 12.6. The van der Waals surface area contributed by atoms with E-state index in [1.807, 2.05) is 18.2 Å². The quantitative estimate of drug-likeness (QED) is 0.842. The van der Waals surface area contributed by atoms with Crippen molar-refractivity contribution in [3.63, 3.8) is 0 Å². The van der Waals surface area contributed by atoms with E-state index in [1.165, 1.54) is 19.3 Å².